The summed E-state index contributed by atoms with van der Waals surface area (Å²) in [4.78, 5) is 27.4. The van der Waals surface area contributed by atoms with Gasteiger partial charge in [-0.2, -0.15) is 9.78 Å². The first-order valence-electron chi connectivity index (χ1n) is 10.8. The maximum atomic E-state index is 13.2. The van der Waals surface area contributed by atoms with Crippen molar-refractivity contribution in [1.29, 1.82) is 0 Å². The number of likely N-dealkylation sites (N-methyl/N-ethyl adjacent to an activating group) is 1. The van der Waals surface area contributed by atoms with Crippen LogP contribution in [0.25, 0.3) is 0 Å². The van der Waals surface area contributed by atoms with Crippen molar-refractivity contribution in [2.75, 3.05) is 6.54 Å². The second-order valence-corrected chi connectivity index (χ2v) is 9.29. The molecule has 0 bridgehead atoms. The van der Waals surface area contributed by atoms with Crippen LogP contribution in [0.5, 0.6) is 0 Å². The van der Waals surface area contributed by atoms with E-state index in [4.69, 9.17) is 4.74 Å². The molecule has 1 aromatic heterocycles. The predicted octanol–water partition coefficient (Wildman–Crippen LogP) is 4.81. The molecule has 1 heterocycles. The van der Waals surface area contributed by atoms with Gasteiger partial charge in [0.2, 0.25) is 0 Å². The smallest absolute Gasteiger partial charge is 0.435 e. The van der Waals surface area contributed by atoms with Gasteiger partial charge >= 0.3 is 6.09 Å². The Hall–Kier alpha value is -2.63. The number of hydrogen-bond acceptors (Lipinski definition) is 4. The summed E-state index contributed by atoms with van der Waals surface area (Å²) < 4.78 is 6.71. The lowest BCUT2D eigenvalue weighted by atomic mass is 9.92. The molecule has 2 aromatic rings. The van der Waals surface area contributed by atoms with Crippen LogP contribution < -0.4 is 0 Å². The molecule has 0 radical (unpaired) electrons. The number of carbonyl (C=O) groups is 2. The van der Waals surface area contributed by atoms with Crippen molar-refractivity contribution < 1.29 is 14.3 Å². The van der Waals surface area contributed by atoms with Gasteiger partial charge in [0.25, 0.3) is 5.91 Å². The van der Waals surface area contributed by atoms with Gasteiger partial charge in [0, 0.05) is 24.3 Å². The predicted molar refractivity (Wildman–Crippen MR) is 117 cm³/mol. The average molecular weight is 412 g/mol. The number of amides is 1. The standard InChI is InChI=1S/C24H33N3O3/c1-7-26(22(28)18-10-8-17(9-11-18)16(2)3)20-12-13-21-19(14-20)15-27(25-21)23(29)30-24(4,5)6/h8-11,15-16,20H,7,12-14H2,1-6H3. The van der Waals surface area contributed by atoms with Crippen molar-refractivity contribution in [2.24, 2.45) is 0 Å². The Morgan fingerprint density at radius 1 is 1.23 bits per heavy atom. The lowest BCUT2D eigenvalue weighted by Gasteiger charge is -2.33. The molecular weight excluding hydrogens is 378 g/mol. The number of aromatic nitrogens is 2. The second kappa shape index (κ2) is 8.62. The number of carbonyl (C=O) groups excluding carboxylic acids is 2. The van der Waals surface area contributed by atoms with E-state index in [-0.39, 0.29) is 11.9 Å². The molecule has 30 heavy (non-hydrogen) atoms. The lowest BCUT2D eigenvalue weighted by molar-refractivity contribution is 0.0513. The third-order valence-corrected chi connectivity index (χ3v) is 5.49. The SMILES string of the molecule is CCN(C(=O)c1ccc(C(C)C)cc1)C1CCc2nn(C(=O)OC(C)(C)C)cc2C1. The highest BCUT2D eigenvalue weighted by molar-refractivity contribution is 5.94. The van der Waals surface area contributed by atoms with Gasteiger partial charge in [-0.1, -0.05) is 26.0 Å². The van der Waals surface area contributed by atoms with E-state index in [0.29, 0.717) is 18.9 Å². The van der Waals surface area contributed by atoms with E-state index < -0.39 is 11.7 Å². The molecule has 3 rings (SSSR count). The fourth-order valence-electron chi connectivity index (χ4n) is 3.90. The molecule has 6 nitrogen and oxygen atoms in total. The maximum Gasteiger partial charge on any atom is 0.435 e. The molecule has 1 amide bonds. The molecule has 162 valence electrons. The van der Waals surface area contributed by atoms with Gasteiger partial charge in [0.05, 0.1) is 5.69 Å². The molecule has 6 heteroatoms. The van der Waals surface area contributed by atoms with Crippen molar-refractivity contribution in [3.8, 4) is 0 Å². The van der Waals surface area contributed by atoms with Gasteiger partial charge < -0.3 is 9.64 Å². The van der Waals surface area contributed by atoms with Crippen LogP contribution in [-0.4, -0.2) is 44.9 Å². The molecule has 0 aliphatic heterocycles. The Balaban J connectivity index is 1.74. The zero-order valence-electron chi connectivity index (χ0n) is 18.9. The van der Waals surface area contributed by atoms with Gasteiger partial charge in [-0.25, -0.2) is 4.79 Å². The molecule has 1 aliphatic carbocycles. The summed E-state index contributed by atoms with van der Waals surface area (Å²) in [5.74, 6) is 0.496. The third-order valence-electron chi connectivity index (χ3n) is 5.49. The quantitative estimate of drug-likeness (QED) is 0.724. The molecule has 0 spiro atoms. The molecule has 1 aliphatic rings. The topological polar surface area (TPSA) is 64.4 Å². The summed E-state index contributed by atoms with van der Waals surface area (Å²) in [7, 11) is 0. The van der Waals surface area contributed by atoms with Crippen molar-refractivity contribution in [3.63, 3.8) is 0 Å². The number of ether oxygens (including phenoxy) is 1. The minimum absolute atomic E-state index is 0.0563. The lowest BCUT2D eigenvalue weighted by Crippen LogP contribution is -2.43. The molecular formula is C24H33N3O3. The van der Waals surface area contributed by atoms with Crippen LogP contribution in [0.3, 0.4) is 0 Å². The fraction of sp³-hybridized carbons (Fsp3) is 0.542. The van der Waals surface area contributed by atoms with Gasteiger partial charge in [0.15, 0.2) is 0 Å². The monoisotopic (exact) mass is 411 g/mol. The van der Waals surface area contributed by atoms with Crippen LogP contribution in [0.15, 0.2) is 30.5 Å². The Kier molecular flexibility index (Phi) is 6.34. The molecule has 1 aromatic carbocycles. The third kappa shape index (κ3) is 4.91. The Bertz CT molecular complexity index is 907. The van der Waals surface area contributed by atoms with Crippen molar-refractivity contribution >= 4 is 12.0 Å². The molecule has 0 fully saturated rings. The van der Waals surface area contributed by atoms with Gasteiger partial charge in [-0.3, -0.25) is 4.79 Å². The van der Waals surface area contributed by atoms with Crippen molar-refractivity contribution in [1.82, 2.24) is 14.7 Å². The zero-order valence-corrected chi connectivity index (χ0v) is 18.9. The van der Waals surface area contributed by atoms with E-state index in [1.165, 1.54) is 10.2 Å². The zero-order chi connectivity index (χ0) is 22.1. The largest absolute Gasteiger partial charge is 0.442 e. The summed E-state index contributed by atoms with van der Waals surface area (Å²) >= 11 is 0. The molecule has 0 saturated heterocycles. The Labute approximate surface area is 179 Å². The Morgan fingerprint density at radius 3 is 2.47 bits per heavy atom. The van der Waals surface area contributed by atoms with E-state index in [1.54, 1.807) is 6.20 Å². The molecule has 1 unspecified atom stereocenters. The summed E-state index contributed by atoms with van der Waals surface area (Å²) in [6, 6.07) is 8.02. The molecule has 1 atom stereocenters. The molecule has 0 N–H and O–H groups in total. The first-order chi connectivity index (χ1) is 14.1. The second-order valence-electron chi connectivity index (χ2n) is 9.29. The number of rotatable bonds is 4. The van der Waals surface area contributed by atoms with Gasteiger partial charge in [0.1, 0.15) is 5.60 Å². The summed E-state index contributed by atoms with van der Waals surface area (Å²) in [6.07, 6.45) is 3.56. The van der Waals surface area contributed by atoms with Crippen LogP contribution in [0.1, 0.15) is 81.1 Å². The highest BCUT2D eigenvalue weighted by Crippen LogP contribution is 2.26. The number of nitrogens with zero attached hydrogens (tertiary/aromatic N) is 3. The van der Waals surface area contributed by atoms with Crippen molar-refractivity contribution in [2.45, 2.75) is 78.4 Å². The highest BCUT2D eigenvalue weighted by Gasteiger charge is 2.30. The highest BCUT2D eigenvalue weighted by atomic mass is 16.6. The van der Waals surface area contributed by atoms with Crippen LogP contribution >= 0.6 is 0 Å². The number of hydrogen-bond donors (Lipinski definition) is 0. The van der Waals surface area contributed by atoms with E-state index in [0.717, 1.165) is 29.7 Å². The number of aryl methyl sites for hydroxylation is 1. The minimum atomic E-state index is -0.567. The number of benzene rings is 1. The van der Waals surface area contributed by atoms with Crippen LogP contribution in [0.2, 0.25) is 0 Å². The van der Waals surface area contributed by atoms with Gasteiger partial charge in [-0.15, -0.1) is 0 Å². The number of fused-ring (bicyclic) bond motifs is 1. The van der Waals surface area contributed by atoms with E-state index in [1.807, 2.05) is 56.9 Å². The summed E-state index contributed by atoms with van der Waals surface area (Å²) in [5.41, 5.74) is 3.31. The van der Waals surface area contributed by atoms with Crippen LogP contribution in [0.4, 0.5) is 4.79 Å². The van der Waals surface area contributed by atoms with Crippen molar-refractivity contribution in [3.05, 3.63) is 52.8 Å². The van der Waals surface area contributed by atoms with Crippen LogP contribution in [0, 0.1) is 0 Å². The van der Waals surface area contributed by atoms with Gasteiger partial charge in [-0.05, 0) is 76.1 Å². The summed E-state index contributed by atoms with van der Waals surface area (Å²) in [5, 5.41) is 4.42. The molecule has 0 saturated carbocycles. The first kappa shape index (κ1) is 22.1. The summed E-state index contributed by atoms with van der Waals surface area (Å²) in [6.45, 7) is 12.5. The minimum Gasteiger partial charge on any atom is -0.442 e. The van der Waals surface area contributed by atoms with E-state index in [9.17, 15) is 9.59 Å². The maximum absolute atomic E-state index is 13.2. The fourth-order valence-corrected chi connectivity index (χ4v) is 3.90. The first-order valence-corrected chi connectivity index (χ1v) is 10.8. The van der Waals surface area contributed by atoms with E-state index >= 15 is 0 Å². The van der Waals surface area contributed by atoms with E-state index in [2.05, 4.69) is 18.9 Å². The average Bonchev–Trinajstić information content (AvgIpc) is 3.11. The Morgan fingerprint density at radius 2 is 1.90 bits per heavy atom. The van der Waals surface area contributed by atoms with Crippen LogP contribution in [-0.2, 0) is 17.6 Å². The normalized spacial score (nSPS) is 16.3.